The van der Waals surface area contributed by atoms with Crippen molar-refractivity contribution >= 4 is 10.9 Å². The van der Waals surface area contributed by atoms with E-state index < -0.39 is 0 Å². The number of nitrogens with two attached hydrogens (primary N) is 1. The SMILES string of the molecule is CC(C)n1c(CON)cc2c(F)cccc21. The highest BCUT2D eigenvalue weighted by Crippen LogP contribution is 2.26. The molecule has 0 aliphatic heterocycles. The number of rotatable bonds is 3. The maximum Gasteiger partial charge on any atom is 0.132 e. The lowest BCUT2D eigenvalue weighted by Gasteiger charge is -2.13. The number of benzene rings is 1. The predicted molar refractivity (Wildman–Crippen MR) is 61.3 cm³/mol. The molecule has 0 fully saturated rings. The Hall–Kier alpha value is -1.39. The summed E-state index contributed by atoms with van der Waals surface area (Å²) < 4.78 is 15.6. The van der Waals surface area contributed by atoms with Gasteiger partial charge >= 0.3 is 0 Å². The molecule has 0 bridgehead atoms. The lowest BCUT2D eigenvalue weighted by Crippen LogP contribution is -2.08. The van der Waals surface area contributed by atoms with Gasteiger partial charge in [-0.15, -0.1) is 0 Å². The van der Waals surface area contributed by atoms with Crippen LogP contribution in [0.1, 0.15) is 25.6 Å². The van der Waals surface area contributed by atoms with Crippen LogP contribution in [0.4, 0.5) is 4.39 Å². The Balaban J connectivity index is 2.70. The molecule has 4 heteroatoms. The van der Waals surface area contributed by atoms with Gasteiger partial charge in [-0.1, -0.05) is 6.07 Å². The molecule has 3 nitrogen and oxygen atoms in total. The molecule has 0 spiro atoms. The molecule has 0 saturated carbocycles. The van der Waals surface area contributed by atoms with Crippen molar-refractivity contribution in [1.82, 2.24) is 4.57 Å². The summed E-state index contributed by atoms with van der Waals surface area (Å²) in [5.74, 6) is 4.87. The number of halogens is 1. The highest BCUT2D eigenvalue weighted by Gasteiger charge is 2.13. The molecule has 2 rings (SSSR count). The van der Waals surface area contributed by atoms with Crippen LogP contribution in [-0.2, 0) is 11.4 Å². The van der Waals surface area contributed by atoms with Gasteiger partial charge in [-0.3, -0.25) is 4.84 Å². The van der Waals surface area contributed by atoms with Crippen molar-refractivity contribution in [3.63, 3.8) is 0 Å². The summed E-state index contributed by atoms with van der Waals surface area (Å²) in [6.07, 6.45) is 0. The number of hydrogen-bond donors (Lipinski definition) is 1. The Morgan fingerprint density at radius 3 is 2.81 bits per heavy atom. The van der Waals surface area contributed by atoms with Gasteiger partial charge in [0.05, 0.1) is 5.52 Å². The summed E-state index contributed by atoms with van der Waals surface area (Å²) in [7, 11) is 0. The third kappa shape index (κ3) is 1.70. The lowest BCUT2D eigenvalue weighted by molar-refractivity contribution is 0.118. The average Bonchev–Trinajstić information content (AvgIpc) is 2.58. The maximum absolute atomic E-state index is 13.6. The molecule has 1 aromatic heterocycles. The Morgan fingerprint density at radius 2 is 2.19 bits per heavy atom. The van der Waals surface area contributed by atoms with Crippen molar-refractivity contribution in [1.29, 1.82) is 0 Å². The van der Waals surface area contributed by atoms with Gasteiger partial charge in [-0.25, -0.2) is 10.3 Å². The molecular weight excluding hydrogens is 207 g/mol. The van der Waals surface area contributed by atoms with E-state index in [9.17, 15) is 4.39 Å². The van der Waals surface area contributed by atoms with Gasteiger partial charge in [0.1, 0.15) is 12.4 Å². The smallest absolute Gasteiger partial charge is 0.132 e. The third-order valence-electron chi connectivity index (χ3n) is 2.66. The van der Waals surface area contributed by atoms with E-state index in [4.69, 9.17) is 5.90 Å². The molecule has 1 heterocycles. The minimum absolute atomic E-state index is 0.213. The van der Waals surface area contributed by atoms with Crippen LogP contribution in [0, 0.1) is 5.82 Å². The quantitative estimate of drug-likeness (QED) is 0.811. The van der Waals surface area contributed by atoms with Crippen LogP contribution in [-0.4, -0.2) is 4.57 Å². The highest BCUT2D eigenvalue weighted by molar-refractivity contribution is 5.82. The number of nitrogens with zero attached hydrogens (tertiary/aromatic N) is 1. The fraction of sp³-hybridized carbons (Fsp3) is 0.333. The van der Waals surface area contributed by atoms with E-state index in [1.807, 2.05) is 24.5 Å². The van der Waals surface area contributed by atoms with Crippen LogP contribution in [0.15, 0.2) is 24.3 Å². The molecule has 0 unspecified atom stereocenters. The highest BCUT2D eigenvalue weighted by atomic mass is 19.1. The Morgan fingerprint density at radius 1 is 1.44 bits per heavy atom. The van der Waals surface area contributed by atoms with E-state index in [2.05, 4.69) is 4.84 Å². The number of hydrogen-bond acceptors (Lipinski definition) is 2. The molecule has 16 heavy (non-hydrogen) atoms. The van der Waals surface area contributed by atoms with Crippen LogP contribution in [0.25, 0.3) is 10.9 Å². The van der Waals surface area contributed by atoms with Crippen molar-refractivity contribution in [2.24, 2.45) is 5.90 Å². The summed E-state index contributed by atoms with van der Waals surface area (Å²) in [5.41, 5.74) is 1.76. The Kier molecular flexibility index (Phi) is 2.94. The molecular formula is C12H15FN2O. The second-order valence-electron chi connectivity index (χ2n) is 4.08. The maximum atomic E-state index is 13.6. The predicted octanol–water partition coefficient (Wildman–Crippen LogP) is 2.75. The summed E-state index contributed by atoms with van der Waals surface area (Å²) in [6, 6.07) is 7.10. The van der Waals surface area contributed by atoms with Crippen molar-refractivity contribution in [2.75, 3.05) is 0 Å². The molecule has 1 aromatic carbocycles. The standard InChI is InChI=1S/C12H15FN2O/c1-8(2)15-9(7-16-14)6-10-11(13)4-3-5-12(10)15/h3-6,8H,7,14H2,1-2H3. The number of fused-ring (bicyclic) bond motifs is 1. The van der Waals surface area contributed by atoms with Gasteiger partial charge < -0.3 is 4.57 Å². The van der Waals surface area contributed by atoms with Crippen LogP contribution in [0.5, 0.6) is 0 Å². The summed E-state index contributed by atoms with van der Waals surface area (Å²) in [5, 5.41) is 0.614. The molecule has 86 valence electrons. The largest absolute Gasteiger partial charge is 0.340 e. The first-order chi connectivity index (χ1) is 7.65. The van der Waals surface area contributed by atoms with Gasteiger partial charge in [0.25, 0.3) is 0 Å². The van der Waals surface area contributed by atoms with E-state index in [0.29, 0.717) is 5.39 Å². The molecule has 0 aliphatic rings. The molecule has 0 aliphatic carbocycles. The fourth-order valence-corrected chi connectivity index (χ4v) is 2.08. The monoisotopic (exact) mass is 222 g/mol. The van der Waals surface area contributed by atoms with Crippen molar-refractivity contribution < 1.29 is 9.23 Å². The van der Waals surface area contributed by atoms with Gasteiger partial charge in [0, 0.05) is 17.1 Å². The van der Waals surface area contributed by atoms with Crippen molar-refractivity contribution in [3.05, 3.63) is 35.8 Å². The fourth-order valence-electron chi connectivity index (χ4n) is 2.08. The zero-order valence-corrected chi connectivity index (χ0v) is 9.40. The first kappa shape index (κ1) is 11.1. The Bertz CT molecular complexity index is 505. The van der Waals surface area contributed by atoms with Crippen LogP contribution in [0.2, 0.25) is 0 Å². The van der Waals surface area contributed by atoms with Gasteiger partial charge in [0.15, 0.2) is 0 Å². The second-order valence-corrected chi connectivity index (χ2v) is 4.08. The zero-order chi connectivity index (χ0) is 11.7. The van der Waals surface area contributed by atoms with Crippen LogP contribution >= 0.6 is 0 Å². The van der Waals surface area contributed by atoms with Crippen LogP contribution in [0.3, 0.4) is 0 Å². The van der Waals surface area contributed by atoms with Gasteiger partial charge in [-0.05, 0) is 32.0 Å². The molecule has 0 saturated heterocycles. The first-order valence-electron chi connectivity index (χ1n) is 5.25. The zero-order valence-electron chi connectivity index (χ0n) is 9.40. The topological polar surface area (TPSA) is 40.2 Å². The Labute approximate surface area is 93.6 Å². The minimum atomic E-state index is -0.213. The molecule has 0 radical (unpaired) electrons. The normalized spacial score (nSPS) is 11.6. The average molecular weight is 222 g/mol. The van der Waals surface area contributed by atoms with Gasteiger partial charge in [-0.2, -0.15) is 0 Å². The molecule has 0 atom stereocenters. The molecule has 2 aromatic rings. The lowest BCUT2D eigenvalue weighted by atomic mass is 10.2. The van der Waals surface area contributed by atoms with E-state index in [-0.39, 0.29) is 18.5 Å². The van der Waals surface area contributed by atoms with E-state index in [1.54, 1.807) is 12.1 Å². The minimum Gasteiger partial charge on any atom is -0.340 e. The third-order valence-corrected chi connectivity index (χ3v) is 2.66. The van der Waals surface area contributed by atoms with E-state index >= 15 is 0 Å². The number of aromatic nitrogens is 1. The van der Waals surface area contributed by atoms with Crippen molar-refractivity contribution in [3.8, 4) is 0 Å². The van der Waals surface area contributed by atoms with E-state index in [0.717, 1.165) is 11.2 Å². The summed E-state index contributed by atoms with van der Waals surface area (Å²) in [6.45, 7) is 4.38. The molecule has 0 amide bonds. The van der Waals surface area contributed by atoms with Gasteiger partial charge in [0.2, 0.25) is 0 Å². The molecule has 2 N–H and O–H groups in total. The second kappa shape index (κ2) is 4.23. The van der Waals surface area contributed by atoms with Crippen LogP contribution < -0.4 is 5.90 Å². The summed E-state index contributed by atoms with van der Waals surface area (Å²) in [4.78, 5) is 4.64. The van der Waals surface area contributed by atoms with E-state index in [1.165, 1.54) is 6.07 Å². The first-order valence-corrected chi connectivity index (χ1v) is 5.25. The van der Waals surface area contributed by atoms with Crippen molar-refractivity contribution in [2.45, 2.75) is 26.5 Å². The summed E-state index contributed by atoms with van der Waals surface area (Å²) >= 11 is 0.